The Kier molecular flexibility index (Phi) is 6.48. The van der Waals surface area contributed by atoms with Crippen molar-refractivity contribution in [2.75, 3.05) is 18.5 Å². The van der Waals surface area contributed by atoms with E-state index in [1.165, 1.54) is 5.56 Å². The highest BCUT2D eigenvalue weighted by Gasteiger charge is 2.16. The van der Waals surface area contributed by atoms with E-state index in [9.17, 15) is 4.79 Å². The zero-order valence-corrected chi connectivity index (χ0v) is 16.6. The summed E-state index contributed by atoms with van der Waals surface area (Å²) in [6.45, 7) is 8.81. The van der Waals surface area contributed by atoms with E-state index < -0.39 is 0 Å². The molecule has 134 valence electrons. The van der Waals surface area contributed by atoms with Gasteiger partial charge in [0.15, 0.2) is 18.1 Å². The molecule has 0 aromatic heterocycles. The number of benzene rings is 2. The van der Waals surface area contributed by atoms with Crippen LogP contribution < -0.4 is 14.8 Å². The number of nitrogens with one attached hydrogen (secondary N) is 1. The SMILES string of the molecule is CCOc1ccccc1OCC(=O)Nc1ccc(C(C)(C)C)cc1Br. The van der Waals surface area contributed by atoms with E-state index in [-0.39, 0.29) is 17.9 Å². The first-order valence-corrected chi connectivity index (χ1v) is 9.05. The lowest BCUT2D eigenvalue weighted by atomic mass is 9.87. The van der Waals surface area contributed by atoms with E-state index in [0.717, 1.165) is 10.2 Å². The lowest BCUT2D eigenvalue weighted by molar-refractivity contribution is -0.118. The lowest BCUT2D eigenvalue weighted by Crippen LogP contribution is -2.21. The van der Waals surface area contributed by atoms with Crippen molar-refractivity contribution in [3.05, 3.63) is 52.5 Å². The Hall–Kier alpha value is -2.01. The molecule has 0 fully saturated rings. The van der Waals surface area contributed by atoms with Crippen LogP contribution in [0.4, 0.5) is 5.69 Å². The van der Waals surface area contributed by atoms with E-state index in [1.54, 1.807) is 6.07 Å². The highest BCUT2D eigenvalue weighted by Crippen LogP contribution is 2.30. The number of halogens is 1. The second kappa shape index (κ2) is 8.39. The number of para-hydroxylation sites is 2. The third-order valence-corrected chi connectivity index (χ3v) is 4.27. The Labute approximate surface area is 157 Å². The van der Waals surface area contributed by atoms with Crippen LogP contribution in [-0.4, -0.2) is 19.1 Å². The van der Waals surface area contributed by atoms with Crippen LogP contribution in [0.25, 0.3) is 0 Å². The second-order valence-corrected chi connectivity index (χ2v) is 7.52. The van der Waals surface area contributed by atoms with Crippen LogP contribution in [0.5, 0.6) is 11.5 Å². The Morgan fingerprint density at radius 2 is 1.72 bits per heavy atom. The van der Waals surface area contributed by atoms with E-state index in [1.807, 2.05) is 43.3 Å². The highest BCUT2D eigenvalue weighted by atomic mass is 79.9. The molecule has 0 saturated carbocycles. The number of amides is 1. The smallest absolute Gasteiger partial charge is 0.262 e. The maximum Gasteiger partial charge on any atom is 0.262 e. The summed E-state index contributed by atoms with van der Waals surface area (Å²) in [5, 5.41) is 2.86. The van der Waals surface area contributed by atoms with Gasteiger partial charge in [-0.2, -0.15) is 0 Å². The first-order chi connectivity index (χ1) is 11.8. The average molecular weight is 406 g/mol. The van der Waals surface area contributed by atoms with Gasteiger partial charge in [0.2, 0.25) is 0 Å². The molecule has 25 heavy (non-hydrogen) atoms. The molecule has 0 spiro atoms. The monoisotopic (exact) mass is 405 g/mol. The van der Waals surface area contributed by atoms with Crippen LogP contribution >= 0.6 is 15.9 Å². The van der Waals surface area contributed by atoms with Gasteiger partial charge in [-0.25, -0.2) is 0 Å². The second-order valence-electron chi connectivity index (χ2n) is 6.66. The standard InChI is InChI=1S/C20H24BrNO3/c1-5-24-17-8-6-7-9-18(17)25-13-19(23)22-16-11-10-14(12-15(16)21)20(2,3)4/h6-12H,5,13H2,1-4H3,(H,22,23). The van der Waals surface area contributed by atoms with Gasteiger partial charge in [0.25, 0.3) is 5.91 Å². The lowest BCUT2D eigenvalue weighted by Gasteiger charge is -2.20. The first-order valence-electron chi connectivity index (χ1n) is 8.25. The fourth-order valence-corrected chi connectivity index (χ4v) is 2.73. The van der Waals surface area contributed by atoms with Gasteiger partial charge in [0.05, 0.1) is 12.3 Å². The van der Waals surface area contributed by atoms with Crippen molar-refractivity contribution in [2.24, 2.45) is 0 Å². The molecule has 1 amide bonds. The first kappa shape index (κ1) is 19.3. The minimum atomic E-state index is -0.226. The topological polar surface area (TPSA) is 47.6 Å². The summed E-state index contributed by atoms with van der Waals surface area (Å²) in [4.78, 5) is 12.2. The predicted molar refractivity (Wildman–Crippen MR) is 105 cm³/mol. The minimum absolute atomic E-state index is 0.0527. The summed E-state index contributed by atoms with van der Waals surface area (Å²) in [5.74, 6) is 0.964. The van der Waals surface area contributed by atoms with E-state index in [2.05, 4.69) is 42.0 Å². The Balaban J connectivity index is 1.99. The van der Waals surface area contributed by atoms with E-state index >= 15 is 0 Å². The van der Waals surface area contributed by atoms with Gasteiger partial charge < -0.3 is 14.8 Å². The normalized spacial score (nSPS) is 11.1. The van der Waals surface area contributed by atoms with Crippen LogP contribution in [0.1, 0.15) is 33.3 Å². The summed E-state index contributed by atoms with van der Waals surface area (Å²) in [5.41, 5.74) is 1.97. The van der Waals surface area contributed by atoms with Crippen molar-refractivity contribution >= 4 is 27.5 Å². The molecular formula is C20H24BrNO3. The zero-order valence-electron chi connectivity index (χ0n) is 15.1. The third-order valence-electron chi connectivity index (χ3n) is 3.62. The molecule has 2 aromatic rings. The third kappa shape index (κ3) is 5.49. The molecule has 1 N–H and O–H groups in total. The molecule has 5 heteroatoms. The van der Waals surface area contributed by atoms with Gasteiger partial charge in [-0.15, -0.1) is 0 Å². The van der Waals surface area contributed by atoms with Gasteiger partial charge >= 0.3 is 0 Å². The number of ether oxygens (including phenoxy) is 2. The number of hydrogen-bond acceptors (Lipinski definition) is 3. The predicted octanol–water partition coefficient (Wildman–Crippen LogP) is 5.16. The van der Waals surface area contributed by atoms with Crippen molar-refractivity contribution < 1.29 is 14.3 Å². The summed E-state index contributed by atoms with van der Waals surface area (Å²) in [6, 6.07) is 13.3. The molecule has 0 aliphatic heterocycles. The summed E-state index contributed by atoms with van der Waals surface area (Å²) in [7, 11) is 0. The minimum Gasteiger partial charge on any atom is -0.490 e. The van der Waals surface area contributed by atoms with Crippen LogP contribution in [0.2, 0.25) is 0 Å². The van der Waals surface area contributed by atoms with E-state index in [4.69, 9.17) is 9.47 Å². The quantitative estimate of drug-likeness (QED) is 0.721. The number of carbonyl (C=O) groups is 1. The van der Waals surface area contributed by atoms with Gasteiger partial charge in [-0.1, -0.05) is 39.0 Å². The molecule has 0 saturated heterocycles. The number of anilines is 1. The molecule has 0 aliphatic carbocycles. The van der Waals surface area contributed by atoms with Crippen LogP contribution in [0.15, 0.2) is 46.9 Å². The molecule has 0 unspecified atom stereocenters. The van der Waals surface area contributed by atoms with Gasteiger partial charge in [0.1, 0.15) is 0 Å². The molecule has 0 bridgehead atoms. The van der Waals surface area contributed by atoms with Gasteiger partial charge in [0, 0.05) is 4.47 Å². The summed E-state index contributed by atoms with van der Waals surface area (Å²) < 4.78 is 11.9. The number of rotatable bonds is 6. The fraction of sp³-hybridized carbons (Fsp3) is 0.350. The van der Waals surface area contributed by atoms with Crippen molar-refractivity contribution in [1.29, 1.82) is 0 Å². The van der Waals surface area contributed by atoms with Gasteiger partial charge in [-0.3, -0.25) is 4.79 Å². The van der Waals surface area contributed by atoms with Gasteiger partial charge in [-0.05, 0) is 58.1 Å². The maximum absolute atomic E-state index is 12.2. The average Bonchev–Trinajstić information content (AvgIpc) is 2.55. The summed E-state index contributed by atoms with van der Waals surface area (Å²) in [6.07, 6.45) is 0. The Morgan fingerprint density at radius 3 is 2.28 bits per heavy atom. The Morgan fingerprint density at radius 1 is 1.08 bits per heavy atom. The van der Waals surface area contributed by atoms with Crippen LogP contribution in [0.3, 0.4) is 0 Å². The number of hydrogen-bond donors (Lipinski definition) is 1. The van der Waals surface area contributed by atoms with E-state index in [0.29, 0.717) is 18.1 Å². The molecule has 0 heterocycles. The molecule has 0 atom stereocenters. The zero-order chi connectivity index (χ0) is 18.4. The van der Waals surface area contributed by atoms with Crippen molar-refractivity contribution in [3.63, 3.8) is 0 Å². The van der Waals surface area contributed by atoms with Crippen molar-refractivity contribution in [2.45, 2.75) is 33.1 Å². The Bertz CT molecular complexity index is 738. The molecule has 0 radical (unpaired) electrons. The fourth-order valence-electron chi connectivity index (χ4n) is 2.26. The molecule has 4 nitrogen and oxygen atoms in total. The summed E-state index contributed by atoms with van der Waals surface area (Å²) >= 11 is 3.52. The highest BCUT2D eigenvalue weighted by molar-refractivity contribution is 9.10. The molecule has 2 aromatic carbocycles. The molecular weight excluding hydrogens is 382 g/mol. The maximum atomic E-state index is 12.2. The largest absolute Gasteiger partial charge is 0.490 e. The number of carbonyl (C=O) groups excluding carboxylic acids is 1. The van der Waals surface area contributed by atoms with Crippen LogP contribution in [-0.2, 0) is 10.2 Å². The van der Waals surface area contributed by atoms with Crippen LogP contribution in [0, 0.1) is 0 Å². The molecule has 2 rings (SSSR count). The van der Waals surface area contributed by atoms with Crippen molar-refractivity contribution in [1.82, 2.24) is 0 Å². The van der Waals surface area contributed by atoms with Crippen molar-refractivity contribution in [3.8, 4) is 11.5 Å². The molecule has 0 aliphatic rings.